The van der Waals surface area contributed by atoms with Gasteiger partial charge >= 0.3 is 0 Å². The fraction of sp³-hybridized carbons (Fsp3) is 0.353. The molecule has 1 heterocycles. The molecule has 0 saturated carbocycles. The largest absolute Gasteiger partial charge is 0.309 e. The molecule has 0 bridgehead atoms. The first-order valence-corrected chi connectivity index (χ1v) is 8.02. The standard InChI is InChI=1S/C17H20BrFN2/c1-3-9-21-17(12(2)16-6-4-5-10-20-16)14-8-7-13(19)11-15(14)18/h4-8,10-12,17,21H,3,9H2,1-2H3. The van der Waals surface area contributed by atoms with Crippen LogP contribution in [0.1, 0.15) is 43.5 Å². The minimum Gasteiger partial charge on any atom is -0.309 e. The van der Waals surface area contributed by atoms with Crippen molar-refractivity contribution in [3.63, 3.8) is 0 Å². The third kappa shape index (κ3) is 4.11. The van der Waals surface area contributed by atoms with E-state index in [1.807, 2.05) is 30.5 Å². The van der Waals surface area contributed by atoms with Gasteiger partial charge in [-0.25, -0.2) is 4.39 Å². The zero-order valence-corrected chi connectivity index (χ0v) is 13.9. The van der Waals surface area contributed by atoms with Crippen LogP contribution >= 0.6 is 15.9 Å². The fourth-order valence-corrected chi connectivity index (χ4v) is 3.02. The number of hydrogen-bond acceptors (Lipinski definition) is 2. The molecule has 0 amide bonds. The Labute approximate surface area is 133 Å². The van der Waals surface area contributed by atoms with Crippen LogP contribution in [-0.4, -0.2) is 11.5 Å². The highest BCUT2D eigenvalue weighted by molar-refractivity contribution is 9.10. The summed E-state index contributed by atoms with van der Waals surface area (Å²) >= 11 is 3.48. The lowest BCUT2D eigenvalue weighted by Gasteiger charge is -2.26. The van der Waals surface area contributed by atoms with E-state index in [0.29, 0.717) is 0 Å². The first kappa shape index (κ1) is 16.1. The number of pyridine rings is 1. The van der Waals surface area contributed by atoms with E-state index in [-0.39, 0.29) is 17.8 Å². The van der Waals surface area contributed by atoms with Gasteiger partial charge in [0.2, 0.25) is 0 Å². The highest BCUT2D eigenvalue weighted by atomic mass is 79.9. The van der Waals surface area contributed by atoms with Crippen molar-refractivity contribution in [3.8, 4) is 0 Å². The molecule has 2 rings (SSSR count). The second kappa shape index (κ2) is 7.66. The number of rotatable bonds is 6. The van der Waals surface area contributed by atoms with Gasteiger partial charge in [-0.1, -0.05) is 41.9 Å². The highest BCUT2D eigenvalue weighted by Crippen LogP contribution is 2.34. The van der Waals surface area contributed by atoms with Gasteiger partial charge in [0.15, 0.2) is 0 Å². The maximum atomic E-state index is 13.3. The van der Waals surface area contributed by atoms with Gasteiger partial charge in [-0.15, -0.1) is 0 Å². The first-order valence-electron chi connectivity index (χ1n) is 7.22. The summed E-state index contributed by atoms with van der Waals surface area (Å²) in [4.78, 5) is 4.45. The van der Waals surface area contributed by atoms with Gasteiger partial charge in [-0.2, -0.15) is 0 Å². The van der Waals surface area contributed by atoms with E-state index >= 15 is 0 Å². The van der Waals surface area contributed by atoms with Crippen molar-refractivity contribution in [1.82, 2.24) is 10.3 Å². The van der Waals surface area contributed by atoms with Crippen molar-refractivity contribution >= 4 is 15.9 Å². The number of nitrogens with zero attached hydrogens (tertiary/aromatic N) is 1. The Morgan fingerprint density at radius 1 is 1.29 bits per heavy atom. The normalized spacial score (nSPS) is 13.9. The molecule has 2 nitrogen and oxygen atoms in total. The molecular formula is C17H20BrFN2. The number of benzene rings is 1. The van der Waals surface area contributed by atoms with Gasteiger partial charge in [-0.3, -0.25) is 4.98 Å². The minimum atomic E-state index is -0.231. The van der Waals surface area contributed by atoms with Crippen LogP contribution in [0.4, 0.5) is 4.39 Å². The Bertz CT molecular complexity index is 574. The van der Waals surface area contributed by atoms with E-state index in [1.165, 1.54) is 12.1 Å². The Morgan fingerprint density at radius 3 is 2.71 bits per heavy atom. The third-order valence-electron chi connectivity index (χ3n) is 3.57. The third-order valence-corrected chi connectivity index (χ3v) is 4.25. The fourth-order valence-electron chi connectivity index (χ4n) is 2.43. The lowest BCUT2D eigenvalue weighted by Crippen LogP contribution is -2.27. The molecule has 1 aromatic carbocycles. The summed E-state index contributed by atoms with van der Waals surface area (Å²) in [5, 5.41) is 3.55. The van der Waals surface area contributed by atoms with E-state index in [4.69, 9.17) is 0 Å². The summed E-state index contributed by atoms with van der Waals surface area (Å²) in [6.45, 7) is 5.19. The molecule has 0 spiro atoms. The molecule has 0 aliphatic rings. The van der Waals surface area contributed by atoms with Gasteiger partial charge < -0.3 is 5.32 Å². The molecule has 2 aromatic rings. The van der Waals surface area contributed by atoms with E-state index < -0.39 is 0 Å². The maximum Gasteiger partial charge on any atom is 0.124 e. The molecule has 4 heteroatoms. The molecule has 0 saturated heterocycles. The molecule has 0 aliphatic heterocycles. The zero-order chi connectivity index (χ0) is 15.2. The average molecular weight is 351 g/mol. The van der Waals surface area contributed by atoms with Gasteiger partial charge in [0.1, 0.15) is 5.82 Å². The predicted octanol–water partition coefficient (Wildman–Crippen LogP) is 4.83. The van der Waals surface area contributed by atoms with E-state index in [1.54, 1.807) is 0 Å². The van der Waals surface area contributed by atoms with Crippen molar-refractivity contribution in [2.75, 3.05) is 6.54 Å². The summed E-state index contributed by atoms with van der Waals surface area (Å²) in [5.74, 6) is -0.0372. The van der Waals surface area contributed by atoms with Gasteiger partial charge in [0, 0.05) is 28.3 Å². The van der Waals surface area contributed by atoms with E-state index in [2.05, 4.69) is 40.1 Å². The molecule has 1 aromatic heterocycles. The number of nitrogens with one attached hydrogen (secondary N) is 1. The van der Waals surface area contributed by atoms with Gasteiger partial charge in [0.05, 0.1) is 0 Å². The number of hydrogen-bond donors (Lipinski definition) is 1. The number of halogens is 2. The second-order valence-electron chi connectivity index (χ2n) is 5.14. The summed E-state index contributed by atoms with van der Waals surface area (Å²) in [7, 11) is 0. The van der Waals surface area contributed by atoms with Crippen LogP contribution in [0.5, 0.6) is 0 Å². The van der Waals surface area contributed by atoms with Crippen molar-refractivity contribution in [1.29, 1.82) is 0 Å². The molecule has 0 radical (unpaired) electrons. The number of aromatic nitrogens is 1. The predicted molar refractivity (Wildman–Crippen MR) is 87.8 cm³/mol. The van der Waals surface area contributed by atoms with E-state index in [0.717, 1.165) is 28.7 Å². The molecule has 1 N–H and O–H groups in total. The Kier molecular flexibility index (Phi) is 5.88. The van der Waals surface area contributed by atoms with Crippen molar-refractivity contribution in [3.05, 3.63) is 64.1 Å². The Hall–Kier alpha value is -1.26. The lowest BCUT2D eigenvalue weighted by atomic mass is 9.91. The van der Waals surface area contributed by atoms with Crippen LogP contribution in [0.25, 0.3) is 0 Å². The summed E-state index contributed by atoms with van der Waals surface area (Å²) < 4.78 is 14.1. The molecule has 0 fully saturated rings. The van der Waals surface area contributed by atoms with Crippen LogP contribution in [0.2, 0.25) is 0 Å². The highest BCUT2D eigenvalue weighted by Gasteiger charge is 2.23. The molecule has 21 heavy (non-hydrogen) atoms. The molecule has 2 atom stereocenters. The van der Waals surface area contributed by atoms with Gasteiger partial charge in [-0.05, 0) is 42.8 Å². The topological polar surface area (TPSA) is 24.9 Å². The van der Waals surface area contributed by atoms with Gasteiger partial charge in [0.25, 0.3) is 0 Å². The SMILES string of the molecule is CCCNC(c1ccc(F)cc1Br)C(C)c1ccccn1. The van der Waals surface area contributed by atoms with Crippen LogP contribution in [0.3, 0.4) is 0 Å². The van der Waals surface area contributed by atoms with Crippen molar-refractivity contribution < 1.29 is 4.39 Å². The van der Waals surface area contributed by atoms with Crippen molar-refractivity contribution in [2.24, 2.45) is 0 Å². The quantitative estimate of drug-likeness (QED) is 0.807. The first-order chi connectivity index (χ1) is 10.1. The maximum absolute atomic E-state index is 13.3. The molecule has 112 valence electrons. The molecule has 2 unspecified atom stereocenters. The zero-order valence-electron chi connectivity index (χ0n) is 12.3. The molecule has 0 aliphatic carbocycles. The van der Waals surface area contributed by atoms with Crippen LogP contribution in [0, 0.1) is 5.82 Å². The second-order valence-corrected chi connectivity index (χ2v) is 6.00. The Morgan fingerprint density at radius 2 is 2.10 bits per heavy atom. The van der Waals surface area contributed by atoms with Crippen LogP contribution in [0.15, 0.2) is 47.1 Å². The summed E-state index contributed by atoms with van der Waals surface area (Å²) in [6.07, 6.45) is 2.85. The smallest absolute Gasteiger partial charge is 0.124 e. The Balaban J connectivity index is 2.33. The van der Waals surface area contributed by atoms with Crippen molar-refractivity contribution in [2.45, 2.75) is 32.2 Å². The van der Waals surface area contributed by atoms with E-state index in [9.17, 15) is 4.39 Å². The van der Waals surface area contributed by atoms with Crippen LogP contribution in [-0.2, 0) is 0 Å². The monoisotopic (exact) mass is 350 g/mol. The molecular weight excluding hydrogens is 331 g/mol. The summed E-state index contributed by atoms with van der Waals surface area (Å²) in [6, 6.07) is 10.9. The minimum absolute atomic E-state index is 0.0924. The van der Waals surface area contributed by atoms with Crippen LogP contribution < -0.4 is 5.32 Å². The summed E-state index contributed by atoms with van der Waals surface area (Å²) in [5.41, 5.74) is 2.09. The average Bonchev–Trinajstić information content (AvgIpc) is 2.50. The lowest BCUT2D eigenvalue weighted by molar-refractivity contribution is 0.457.